The summed E-state index contributed by atoms with van der Waals surface area (Å²) in [4.78, 5) is 27.8. The molecular formula is C17H22N8O. The Labute approximate surface area is 150 Å². The minimum absolute atomic E-state index is 0.0226. The van der Waals surface area contributed by atoms with Crippen LogP contribution in [0.3, 0.4) is 0 Å². The summed E-state index contributed by atoms with van der Waals surface area (Å²) in [5.41, 5.74) is 2.94. The van der Waals surface area contributed by atoms with Crippen LogP contribution < -0.4 is 0 Å². The van der Waals surface area contributed by atoms with E-state index in [2.05, 4.69) is 30.2 Å². The molecule has 1 saturated heterocycles. The Morgan fingerprint density at radius 2 is 2.15 bits per heavy atom. The van der Waals surface area contributed by atoms with E-state index in [0.717, 1.165) is 42.2 Å². The second-order valence-electron chi connectivity index (χ2n) is 6.76. The van der Waals surface area contributed by atoms with E-state index in [1.54, 1.807) is 4.52 Å². The van der Waals surface area contributed by atoms with Crippen LogP contribution in [0.5, 0.6) is 0 Å². The standard InChI is InChI=1S/C17H22N8O/c1-10-13(11(2)25-17(20-10)18-9-19-25)6-7-15(26)24-8-4-5-14(24)16-21-12(3)22-23-16/h9,14H,4-8H2,1-3H3,(H,21,22,23). The van der Waals surface area contributed by atoms with Crippen molar-refractivity contribution in [3.8, 4) is 0 Å². The van der Waals surface area contributed by atoms with Gasteiger partial charge in [0.05, 0.1) is 6.04 Å². The van der Waals surface area contributed by atoms with E-state index in [4.69, 9.17) is 0 Å². The fourth-order valence-corrected chi connectivity index (χ4v) is 3.74. The molecule has 1 atom stereocenters. The van der Waals surface area contributed by atoms with Gasteiger partial charge >= 0.3 is 0 Å². The summed E-state index contributed by atoms with van der Waals surface area (Å²) < 4.78 is 1.72. The maximum absolute atomic E-state index is 12.9. The van der Waals surface area contributed by atoms with Gasteiger partial charge in [0.2, 0.25) is 5.91 Å². The number of hydrogen-bond acceptors (Lipinski definition) is 6. The van der Waals surface area contributed by atoms with E-state index in [-0.39, 0.29) is 11.9 Å². The van der Waals surface area contributed by atoms with Crippen molar-refractivity contribution in [3.05, 3.63) is 34.9 Å². The third kappa shape index (κ3) is 2.83. The van der Waals surface area contributed by atoms with E-state index in [1.807, 2.05) is 25.7 Å². The number of likely N-dealkylation sites (tertiary alicyclic amines) is 1. The third-order valence-corrected chi connectivity index (χ3v) is 5.06. The highest BCUT2D eigenvalue weighted by molar-refractivity contribution is 5.77. The molecule has 0 bridgehead atoms. The van der Waals surface area contributed by atoms with Crippen LogP contribution in [0.1, 0.15) is 53.9 Å². The van der Waals surface area contributed by atoms with Gasteiger partial charge in [-0.05, 0) is 45.6 Å². The number of carbonyl (C=O) groups is 1. The Bertz CT molecular complexity index is 959. The molecule has 4 rings (SSSR count). The Hall–Kier alpha value is -2.84. The van der Waals surface area contributed by atoms with Gasteiger partial charge in [-0.25, -0.2) is 14.5 Å². The minimum Gasteiger partial charge on any atom is -0.332 e. The lowest BCUT2D eigenvalue weighted by molar-refractivity contribution is -0.132. The van der Waals surface area contributed by atoms with Gasteiger partial charge in [-0.2, -0.15) is 15.2 Å². The molecule has 9 nitrogen and oxygen atoms in total. The number of H-pyrrole nitrogens is 1. The van der Waals surface area contributed by atoms with Crippen molar-refractivity contribution in [2.45, 2.75) is 52.5 Å². The van der Waals surface area contributed by atoms with Crippen LogP contribution in [-0.2, 0) is 11.2 Å². The SMILES string of the molecule is Cc1nc(C2CCCN2C(=O)CCc2c(C)nc3ncnn3c2C)n[nH]1. The van der Waals surface area contributed by atoms with Gasteiger partial charge in [0.15, 0.2) is 5.82 Å². The van der Waals surface area contributed by atoms with Gasteiger partial charge in [0.1, 0.15) is 12.2 Å². The highest BCUT2D eigenvalue weighted by Crippen LogP contribution is 2.30. The molecule has 1 fully saturated rings. The Balaban J connectivity index is 1.50. The molecule has 1 aliphatic heterocycles. The summed E-state index contributed by atoms with van der Waals surface area (Å²) in [6, 6.07) is -0.0226. The molecule has 0 aliphatic carbocycles. The average Bonchev–Trinajstić information content (AvgIpc) is 3.33. The number of rotatable bonds is 4. The van der Waals surface area contributed by atoms with Crippen molar-refractivity contribution >= 4 is 11.7 Å². The van der Waals surface area contributed by atoms with E-state index in [1.165, 1.54) is 6.33 Å². The van der Waals surface area contributed by atoms with Gasteiger partial charge in [-0.3, -0.25) is 9.89 Å². The zero-order chi connectivity index (χ0) is 18.3. The molecule has 136 valence electrons. The molecule has 1 aliphatic rings. The predicted molar refractivity (Wildman–Crippen MR) is 93.4 cm³/mol. The molecule has 26 heavy (non-hydrogen) atoms. The fourth-order valence-electron chi connectivity index (χ4n) is 3.74. The molecular weight excluding hydrogens is 332 g/mol. The summed E-state index contributed by atoms with van der Waals surface area (Å²) >= 11 is 0. The zero-order valence-electron chi connectivity index (χ0n) is 15.2. The van der Waals surface area contributed by atoms with Crippen LogP contribution in [-0.4, -0.2) is 52.1 Å². The molecule has 4 heterocycles. The highest BCUT2D eigenvalue weighted by Gasteiger charge is 2.32. The number of aromatic amines is 1. The fraction of sp³-hybridized carbons (Fsp3) is 0.529. The van der Waals surface area contributed by atoms with Gasteiger partial charge in [-0.1, -0.05) is 0 Å². The highest BCUT2D eigenvalue weighted by atomic mass is 16.2. The first-order valence-electron chi connectivity index (χ1n) is 8.89. The van der Waals surface area contributed by atoms with E-state index in [0.29, 0.717) is 24.4 Å². The maximum Gasteiger partial charge on any atom is 0.252 e. The van der Waals surface area contributed by atoms with Crippen molar-refractivity contribution in [2.75, 3.05) is 6.54 Å². The van der Waals surface area contributed by atoms with Crippen LogP contribution >= 0.6 is 0 Å². The largest absolute Gasteiger partial charge is 0.332 e. The van der Waals surface area contributed by atoms with Crippen molar-refractivity contribution < 1.29 is 4.79 Å². The summed E-state index contributed by atoms with van der Waals surface area (Å²) in [5, 5.41) is 11.3. The van der Waals surface area contributed by atoms with Crippen molar-refractivity contribution in [3.63, 3.8) is 0 Å². The average molecular weight is 354 g/mol. The van der Waals surface area contributed by atoms with Gasteiger partial charge in [0, 0.05) is 24.4 Å². The number of nitrogens with one attached hydrogen (secondary N) is 1. The molecule has 0 aromatic carbocycles. The number of nitrogens with zero attached hydrogens (tertiary/aromatic N) is 7. The van der Waals surface area contributed by atoms with Gasteiger partial charge in [-0.15, -0.1) is 0 Å². The number of aromatic nitrogens is 7. The smallest absolute Gasteiger partial charge is 0.252 e. The topological polar surface area (TPSA) is 105 Å². The normalized spacial score (nSPS) is 17.3. The minimum atomic E-state index is -0.0226. The second kappa shape index (κ2) is 6.47. The van der Waals surface area contributed by atoms with Crippen LogP contribution in [0, 0.1) is 20.8 Å². The first-order valence-corrected chi connectivity index (χ1v) is 8.89. The molecule has 1 N–H and O–H groups in total. The summed E-state index contributed by atoms with van der Waals surface area (Å²) in [6.07, 6.45) is 4.46. The Morgan fingerprint density at radius 3 is 2.92 bits per heavy atom. The monoisotopic (exact) mass is 354 g/mol. The molecule has 3 aromatic rings. The quantitative estimate of drug-likeness (QED) is 0.760. The van der Waals surface area contributed by atoms with E-state index in [9.17, 15) is 4.79 Å². The van der Waals surface area contributed by atoms with Crippen molar-refractivity contribution in [2.24, 2.45) is 0 Å². The number of fused-ring (bicyclic) bond motifs is 1. The first-order chi connectivity index (χ1) is 12.5. The summed E-state index contributed by atoms with van der Waals surface area (Å²) in [7, 11) is 0. The number of aryl methyl sites for hydroxylation is 3. The molecule has 0 saturated carbocycles. The van der Waals surface area contributed by atoms with Gasteiger partial charge in [0.25, 0.3) is 5.78 Å². The lowest BCUT2D eigenvalue weighted by Crippen LogP contribution is -2.31. The molecule has 9 heteroatoms. The number of carbonyl (C=O) groups excluding carboxylic acids is 1. The van der Waals surface area contributed by atoms with E-state index >= 15 is 0 Å². The lowest BCUT2D eigenvalue weighted by atomic mass is 10.1. The summed E-state index contributed by atoms with van der Waals surface area (Å²) in [5.74, 6) is 2.21. The first kappa shape index (κ1) is 16.6. The zero-order valence-corrected chi connectivity index (χ0v) is 15.2. The maximum atomic E-state index is 12.9. The molecule has 1 amide bonds. The van der Waals surface area contributed by atoms with Crippen molar-refractivity contribution in [1.82, 2.24) is 39.7 Å². The Morgan fingerprint density at radius 1 is 1.31 bits per heavy atom. The van der Waals surface area contributed by atoms with Crippen molar-refractivity contribution in [1.29, 1.82) is 0 Å². The van der Waals surface area contributed by atoms with Crippen LogP contribution in [0.2, 0.25) is 0 Å². The molecule has 3 aromatic heterocycles. The van der Waals surface area contributed by atoms with Crippen LogP contribution in [0.4, 0.5) is 0 Å². The third-order valence-electron chi connectivity index (χ3n) is 5.06. The second-order valence-corrected chi connectivity index (χ2v) is 6.76. The number of hydrogen-bond donors (Lipinski definition) is 1. The predicted octanol–water partition coefficient (Wildman–Crippen LogP) is 1.46. The molecule has 1 unspecified atom stereocenters. The summed E-state index contributed by atoms with van der Waals surface area (Å²) in [6.45, 7) is 6.58. The van der Waals surface area contributed by atoms with Crippen LogP contribution in [0.15, 0.2) is 6.33 Å². The number of amides is 1. The van der Waals surface area contributed by atoms with E-state index < -0.39 is 0 Å². The molecule has 0 radical (unpaired) electrons. The van der Waals surface area contributed by atoms with Crippen LogP contribution in [0.25, 0.3) is 5.78 Å². The Kier molecular flexibility index (Phi) is 4.14. The van der Waals surface area contributed by atoms with Gasteiger partial charge < -0.3 is 4.90 Å². The lowest BCUT2D eigenvalue weighted by Gasteiger charge is -2.23. The molecule has 0 spiro atoms.